The van der Waals surface area contributed by atoms with Crippen LogP contribution in [0, 0.1) is 5.92 Å². The molecular formula is C16H25BrN2O2. The van der Waals surface area contributed by atoms with Crippen molar-refractivity contribution in [2.24, 2.45) is 5.92 Å². The van der Waals surface area contributed by atoms with Crippen LogP contribution in [0.1, 0.15) is 25.3 Å². The Bertz CT molecular complexity index is 460. The highest BCUT2D eigenvalue weighted by atomic mass is 79.9. The molecule has 0 spiro atoms. The average molecular weight is 357 g/mol. The number of phenols is 1. The number of piperidine rings is 1. The van der Waals surface area contributed by atoms with Gasteiger partial charge in [-0.1, -0.05) is 6.92 Å². The molecule has 5 heteroatoms. The van der Waals surface area contributed by atoms with Crippen LogP contribution >= 0.6 is 15.9 Å². The topological polar surface area (TPSA) is 44.7 Å². The molecule has 2 rings (SSSR count). The third-order valence-electron chi connectivity index (χ3n) is 4.10. The van der Waals surface area contributed by atoms with Crippen molar-refractivity contribution in [1.29, 1.82) is 0 Å². The lowest BCUT2D eigenvalue weighted by molar-refractivity contribution is 0.175. The molecule has 1 heterocycles. The molecule has 1 aliphatic heterocycles. The molecule has 118 valence electrons. The standard InChI is InChI=1S/C16H25BrN2O2/c1-3-18-10-12-4-6-19(7-5-12)11-13-8-14(17)16(20)15(9-13)21-2/h8-9,12,18,20H,3-7,10-11H2,1-2H3. The molecule has 0 atom stereocenters. The van der Waals surface area contributed by atoms with Gasteiger partial charge in [0.2, 0.25) is 0 Å². The largest absolute Gasteiger partial charge is 0.503 e. The normalized spacial score (nSPS) is 17.1. The molecule has 21 heavy (non-hydrogen) atoms. The summed E-state index contributed by atoms with van der Waals surface area (Å²) in [6.45, 7) is 7.53. The number of nitrogens with zero attached hydrogens (tertiary/aromatic N) is 1. The Morgan fingerprint density at radius 3 is 2.71 bits per heavy atom. The molecule has 0 amide bonds. The molecule has 0 unspecified atom stereocenters. The summed E-state index contributed by atoms with van der Waals surface area (Å²) >= 11 is 3.38. The lowest BCUT2D eigenvalue weighted by Crippen LogP contribution is -2.36. The first-order chi connectivity index (χ1) is 10.1. The van der Waals surface area contributed by atoms with Gasteiger partial charge in [-0.05, 0) is 78.6 Å². The van der Waals surface area contributed by atoms with Crippen LogP contribution in [0.3, 0.4) is 0 Å². The Morgan fingerprint density at radius 2 is 2.10 bits per heavy atom. The van der Waals surface area contributed by atoms with E-state index in [1.807, 2.05) is 12.1 Å². The van der Waals surface area contributed by atoms with Crippen molar-refractivity contribution >= 4 is 15.9 Å². The Labute approximate surface area is 135 Å². The lowest BCUT2D eigenvalue weighted by atomic mass is 9.96. The van der Waals surface area contributed by atoms with Gasteiger partial charge in [-0.2, -0.15) is 0 Å². The van der Waals surface area contributed by atoms with Gasteiger partial charge in [-0.3, -0.25) is 4.90 Å². The summed E-state index contributed by atoms with van der Waals surface area (Å²) in [6, 6.07) is 3.90. The van der Waals surface area contributed by atoms with E-state index in [0.29, 0.717) is 10.2 Å². The maximum atomic E-state index is 9.85. The summed E-state index contributed by atoms with van der Waals surface area (Å²) < 4.78 is 5.90. The van der Waals surface area contributed by atoms with Crippen LogP contribution < -0.4 is 10.1 Å². The summed E-state index contributed by atoms with van der Waals surface area (Å²) in [5.41, 5.74) is 1.17. The number of likely N-dealkylation sites (tertiary alicyclic amines) is 1. The molecule has 1 saturated heterocycles. The molecule has 1 fully saturated rings. The molecule has 0 radical (unpaired) electrons. The Kier molecular flexibility index (Phi) is 6.33. The zero-order chi connectivity index (χ0) is 15.2. The van der Waals surface area contributed by atoms with Crippen molar-refractivity contribution in [3.8, 4) is 11.5 Å². The molecule has 4 nitrogen and oxygen atoms in total. The molecule has 1 aliphatic rings. The van der Waals surface area contributed by atoms with Crippen molar-refractivity contribution in [2.45, 2.75) is 26.3 Å². The van der Waals surface area contributed by atoms with Gasteiger partial charge in [0.05, 0.1) is 11.6 Å². The van der Waals surface area contributed by atoms with Crippen LogP contribution in [-0.4, -0.2) is 43.3 Å². The van der Waals surface area contributed by atoms with Crippen molar-refractivity contribution in [3.63, 3.8) is 0 Å². The minimum absolute atomic E-state index is 0.172. The van der Waals surface area contributed by atoms with Gasteiger partial charge < -0.3 is 15.2 Å². The highest BCUT2D eigenvalue weighted by Crippen LogP contribution is 2.35. The Hall–Kier alpha value is -0.780. The highest BCUT2D eigenvalue weighted by molar-refractivity contribution is 9.10. The fraction of sp³-hybridized carbons (Fsp3) is 0.625. The van der Waals surface area contributed by atoms with Gasteiger partial charge in [0, 0.05) is 6.54 Å². The summed E-state index contributed by atoms with van der Waals surface area (Å²) in [5.74, 6) is 1.51. The number of hydrogen-bond acceptors (Lipinski definition) is 4. The van der Waals surface area contributed by atoms with Crippen molar-refractivity contribution in [3.05, 3.63) is 22.2 Å². The average Bonchev–Trinajstić information content (AvgIpc) is 2.50. The van der Waals surface area contributed by atoms with Crippen LogP contribution in [0.15, 0.2) is 16.6 Å². The smallest absolute Gasteiger partial charge is 0.172 e. The number of halogens is 1. The predicted octanol–water partition coefficient (Wildman–Crippen LogP) is 2.98. The Balaban J connectivity index is 1.90. The quantitative estimate of drug-likeness (QED) is 0.822. The number of hydrogen-bond donors (Lipinski definition) is 2. The monoisotopic (exact) mass is 356 g/mol. The van der Waals surface area contributed by atoms with Crippen LogP contribution in [-0.2, 0) is 6.54 Å². The van der Waals surface area contributed by atoms with Gasteiger partial charge in [0.1, 0.15) is 0 Å². The minimum atomic E-state index is 0.172. The number of nitrogens with one attached hydrogen (secondary N) is 1. The number of phenolic OH excluding ortho intramolecular Hbond substituents is 1. The van der Waals surface area contributed by atoms with Crippen LogP contribution in [0.5, 0.6) is 11.5 Å². The number of benzene rings is 1. The van der Waals surface area contributed by atoms with Gasteiger partial charge in [0.15, 0.2) is 11.5 Å². The lowest BCUT2D eigenvalue weighted by Gasteiger charge is -2.32. The summed E-state index contributed by atoms with van der Waals surface area (Å²) in [5, 5.41) is 13.3. The van der Waals surface area contributed by atoms with Gasteiger partial charge in [0.25, 0.3) is 0 Å². The van der Waals surface area contributed by atoms with E-state index in [1.165, 1.54) is 18.4 Å². The number of methoxy groups -OCH3 is 1. The fourth-order valence-electron chi connectivity index (χ4n) is 2.83. The molecule has 2 N–H and O–H groups in total. The van der Waals surface area contributed by atoms with E-state index >= 15 is 0 Å². The second-order valence-electron chi connectivity index (χ2n) is 5.66. The van der Waals surface area contributed by atoms with E-state index in [2.05, 4.69) is 33.1 Å². The zero-order valence-electron chi connectivity index (χ0n) is 12.9. The van der Waals surface area contributed by atoms with E-state index in [-0.39, 0.29) is 5.75 Å². The molecule has 0 bridgehead atoms. The number of rotatable bonds is 6. The van der Waals surface area contributed by atoms with Crippen molar-refractivity contribution in [1.82, 2.24) is 10.2 Å². The van der Waals surface area contributed by atoms with Gasteiger partial charge in [-0.15, -0.1) is 0 Å². The SMILES string of the molecule is CCNCC1CCN(Cc2cc(Br)c(O)c(OC)c2)CC1. The van der Waals surface area contributed by atoms with E-state index in [4.69, 9.17) is 4.74 Å². The van der Waals surface area contributed by atoms with E-state index in [0.717, 1.165) is 38.6 Å². The van der Waals surface area contributed by atoms with Gasteiger partial charge >= 0.3 is 0 Å². The fourth-order valence-corrected chi connectivity index (χ4v) is 3.32. The van der Waals surface area contributed by atoms with Gasteiger partial charge in [-0.25, -0.2) is 0 Å². The highest BCUT2D eigenvalue weighted by Gasteiger charge is 2.19. The Morgan fingerprint density at radius 1 is 1.38 bits per heavy atom. The van der Waals surface area contributed by atoms with Crippen LogP contribution in [0.2, 0.25) is 0 Å². The van der Waals surface area contributed by atoms with E-state index in [1.54, 1.807) is 7.11 Å². The first-order valence-corrected chi connectivity index (χ1v) is 8.41. The second-order valence-corrected chi connectivity index (χ2v) is 6.51. The number of ether oxygens (including phenoxy) is 1. The maximum Gasteiger partial charge on any atom is 0.172 e. The minimum Gasteiger partial charge on any atom is -0.503 e. The summed E-state index contributed by atoms with van der Waals surface area (Å²) in [7, 11) is 1.58. The first kappa shape index (κ1) is 16.6. The molecule has 0 aromatic heterocycles. The molecule has 0 aliphatic carbocycles. The predicted molar refractivity (Wildman–Crippen MR) is 88.9 cm³/mol. The summed E-state index contributed by atoms with van der Waals surface area (Å²) in [4.78, 5) is 2.47. The third-order valence-corrected chi connectivity index (χ3v) is 4.71. The maximum absolute atomic E-state index is 9.85. The summed E-state index contributed by atoms with van der Waals surface area (Å²) in [6.07, 6.45) is 2.51. The van der Waals surface area contributed by atoms with Crippen molar-refractivity contribution in [2.75, 3.05) is 33.3 Å². The van der Waals surface area contributed by atoms with E-state index < -0.39 is 0 Å². The van der Waals surface area contributed by atoms with Crippen molar-refractivity contribution < 1.29 is 9.84 Å². The molecule has 0 saturated carbocycles. The second kappa shape index (κ2) is 8.01. The van der Waals surface area contributed by atoms with Crippen LogP contribution in [0.4, 0.5) is 0 Å². The number of aromatic hydroxyl groups is 1. The first-order valence-electron chi connectivity index (χ1n) is 7.62. The molecular weight excluding hydrogens is 332 g/mol. The van der Waals surface area contributed by atoms with E-state index in [9.17, 15) is 5.11 Å². The zero-order valence-corrected chi connectivity index (χ0v) is 14.4. The third kappa shape index (κ3) is 4.59. The van der Waals surface area contributed by atoms with Crippen LogP contribution in [0.25, 0.3) is 0 Å². The molecule has 1 aromatic carbocycles. The molecule has 1 aromatic rings.